The topological polar surface area (TPSA) is 57.5 Å². The van der Waals surface area contributed by atoms with Gasteiger partial charge in [-0.25, -0.2) is 9.67 Å². The van der Waals surface area contributed by atoms with E-state index in [2.05, 4.69) is 95.1 Å². The highest BCUT2D eigenvalue weighted by Crippen LogP contribution is 2.18. The van der Waals surface area contributed by atoms with Gasteiger partial charge in [0.05, 0.1) is 17.9 Å². The number of likely N-dealkylation sites (tertiary alicyclic amines) is 1. The minimum absolute atomic E-state index is 0. The summed E-state index contributed by atoms with van der Waals surface area (Å²) in [6.45, 7) is 10.9. The minimum atomic E-state index is 0. The first kappa shape index (κ1) is 26.2. The Morgan fingerprint density at radius 2 is 1.74 bits per heavy atom. The normalized spacial score (nSPS) is 15.1. The van der Waals surface area contributed by atoms with Crippen molar-refractivity contribution in [2.24, 2.45) is 4.99 Å². The summed E-state index contributed by atoms with van der Waals surface area (Å²) in [7, 11) is 0. The van der Waals surface area contributed by atoms with Gasteiger partial charge in [0.2, 0.25) is 0 Å². The van der Waals surface area contributed by atoms with Crippen LogP contribution >= 0.6 is 24.0 Å². The Labute approximate surface area is 220 Å². The van der Waals surface area contributed by atoms with Crippen molar-refractivity contribution < 1.29 is 0 Å². The standard InChI is InChI=1S/C27H36N6.HI/c1-4-28-27(30-25-14-16-32(17-15-25)20-23-10-6-5-7-11-23)29-19-24-12-8-9-13-26(24)33-22(3)18-21(2)31-33;/h5-13,18,25H,4,14-17,19-20H2,1-3H3,(H2,28,29,30);1H. The number of benzene rings is 2. The molecule has 0 amide bonds. The van der Waals surface area contributed by atoms with Gasteiger partial charge in [0.15, 0.2) is 5.96 Å². The van der Waals surface area contributed by atoms with Crippen molar-refractivity contribution in [2.45, 2.75) is 52.7 Å². The third-order valence-electron chi connectivity index (χ3n) is 6.16. The van der Waals surface area contributed by atoms with Crippen LogP contribution in [0.2, 0.25) is 0 Å². The molecule has 0 spiro atoms. The molecule has 7 heteroatoms. The van der Waals surface area contributed by atoms with Crippen LogP contribution in [0.5, 0.6) is 0 Å². The van der Waals surface area contributed by atoms with Crippen LogP contribution in [0.25, 0.3) is 5.69 Å². The Morgan fingerprint density at radius 1 is 1.03 bits per heavy atom. The molecule has 2 heterocycles. The molecule has 2 N–H and O–H groups in total. The lowest BCUT2D eigenvalue weighted by atomic mass is 10.0. The highest BCUT2D eigenvalue weighted by atomic mass is 127. The summed E-state index contributed by atoms with van der Waals surface area (Å²) in [4.78, 5) is 7.47. The fraction of sp³-hybridized carbons (Fsp3) is 0.407. The van der Waals surface area contributed by atoms with Gasteiger partial charge in [-0.2, -0.15) is 5.10 Å². The number of guanidine groups is 1. The number of hydrogen-bond acceptors (Lipinski definition) is 3. The molecule has 0 aliphatic carbocycles. The van der Waals surface area contributed by atoms with Crippen molar-refractivity contribution in [3.8, 4) is 5.69 Å². The van der Waals surface area contributed by atoms with E-state index in [1.807, 2.05) is 11.6 Å². The predicted octanol–water partition coefficient (Wildman–Crippen LogP) is 4.83. The molecule has 0 radical (unpaired) electrons. The molecule has 0 unspecified atom stereocenters. The third kappa shape index (κ3) is 7.06. The maximum Gasteiger partial charge on any atom is 0.191 e. The fourth-order valence-electron chi connectivity index (χ4n) is 4.48. The third-order valence-corrected chi connectivity index (χ3v) is 6.16. The molecular formula is C27H37IN6. The summed E-state index contributed by atoms with van der Waals surface area (Å²) in [6, 6.07) is 21.7. The Kier molecular flexibility index (Phi) is 9.95. The average Bonchev–Trinajstić information content (AvgIpc) is 3.17. The highest BCUT2D eigenvalue weighted by molar-refractivity contribution is 14.0. The van der Waals surface area contributed by atoms with Crippen molar-refractivity contribution >= 4 is 29.9 Å². The number of aromatic nitrogens is 2. The number of nitrogens with one attached hydrogen (secondary N) is 2. The van der Waals surface area contributed by atoms with Crippen LogP contribution in [0, 0.1) is 13.8 Å². The molecule has 6 nitrogen and oxygen atoms in total. The fourth-order valence-corrected chi connectivity index (χ4v) is 4.48. The van der Waals surface area contributed by atoms with Crippen LogP contribution in [0.3, 0.4) is 0 Å². The first-order valence-corrected chi connectivity index (χ1v) is 12.0. The van der Waals surface area contributed by atoms with E-state index in [-0.39, 0.29) is 24.0 Å². The summed E-state index contributed by atoms with van der Waals surface area (Å²) >= 11 is 0. The molecule has 1 aromatic heterocycles. The number of nitrogens with zero attached hydrogens (tertiary/aromatic N) is 4. The molecule has 182 valence electrons. The molecule has 4 rings (SSSR count). The first-order chi connectivity index (χ1) is 16.1. The van der Waals surface area contributed by atoms with Gasteiger partial charge < -0.3 is 10.6 Å². The predicted molar refractivity (Wildman–Crippen MR) is 151 cm³/mol. The number of para-hydroxylation sites is 1. The molecular weight excluding hydrogens is 535 g/mol. The Hall–Kier alpha value is -2.39. The molecule has 1 fully saturated rings. The second-order valence-electron chi connectivity index (χ2n) is 8.84. The minimum Gasteiger partial charge on any atom is -0.357 e. The number of aryl methyl sites for hydroxylation is 2. The van der Waals surface area contributed by atoms with Crippen molar-refractivity contribution in [1.82, 2.24) is 25.3 Å². The maximum absolute atomic E-state index is 4.93. The molecule has 0 saturated carbocycles. The van der Waals surface area contributed by atoms with E-state index in [4.69, 9.17) is 4.99 Å². The van der Waals surface area contributed by atoms with Crippen molar-refractivity contribution in [1.29, 1.82) is 0 Å². The molecule has 2 aromatic carbocycles. The van der Waals surface area contributed by atoms with Crippen LogP contribution in [0.15, 0.2) is 65.7 Å². The summed E-state index contributed by atoms with van der Waals surface area (Å²) < 4.78 is 2.02. The summed E-state index contributed by atoms with van der Waals surface area (Å²) in [5.74, 6) is 0.891. The number of rotatable bonds is 7. The van der Waals surface area contributed by atoms with Gasteiger partial charge in [0.25, 0.3) is 0 Å². The molecule has 1 aliphatic heterocycles. The van der Waals surface area contributed by atoms with Crippen molar-refractivity contribution in [3.63, 3.8) is 0 Å². The van der Waals surface area contributed by atoms with Gasteiger partial charge in [0, 0.05) is 37.9 Å². The zero-order valence-electron chi connectivity index (χ0n) is 20.5. The van der Waals surface area contributed by atoms with Gasteiger partial charge in [-0.3, -0.25) is 4.90 Å². The van der Waals surface area contributed by atoms with E-state index in [0.29, 0.717) is 12.6 Å². The summed E-state index contributed by atoms with van der Waals surface area (Å²) in [5, 5.41) is 11.8. The van der Waals surface area contributed by atoms with E-state index >= 15 is 0 Å². The second kappa shape index (κ2) is 12.9. The van der Waals surface area contributed by atoms with Gasteiger partial charge in [0.1, 0.15) is 0 Å². The monoisotopic (exact) mass is 572 g/mol. The molecule has 0 bridgehead atoms. The molecule has 0 atom stereocenters. The van der Waals surface area contributed by atoms with Crippen LogP contribution in [-0.4, -0.2) is 46.3 Å². The van der Waals surface area contributed by atoms with Crippen LogP contribution < -0.4 is 10.6 Å². The number of aliphatic imine (C=N–C) groups is 1. The van der Waals surface area contributed by atoms with E-state index in [1.165, 1.54) is 11.1 Å². The zero-order valence-corrected chi connectivity index (χ0v) is 22.8. The largest absolute Gasteiger partial charge is 0.357 e. The van der Waals surface area contributed by atoms with Gasteiger partial charge >= 0.3 is 0 Å². The second-order valence-corrected chi connectivity index (χ2v) is 8.84. The molecule has 34 heavy (non-hydrogen) atoms. The lowest BCUT2D eigenvalue weighted by Crippen LogP contribution is -2.48. The molecule has 1 aliphatic rings. The Morgan fingerprint density at radius 3 is 2.41 bits per heavy atom. The lowest BCUT2D eigenvalue weighted by molar-refractivity contribution is 0.198. The average molecular weight is 573 g/mol. The Balaban J connectivity index is 0.00000324. The van der Waals surface area contributed by atoms with Crippen LogP contribution in [-0.2, 0) is 13.1 Å². The maximum atomic E-state index is 4.93. The van der Waals surface area contributed by atoms with E-state index in [0.717, 1.165) is 62.1 Å². The van der Waals surface area contributed by atoms with Crippen molar-refractivity contribution in [2.75, 3.05) is 19.6 Å². The smallest absolute Gasteiger partial charge is 0.191 e. The Bertz CT molecular complexity index is 1050. The zero-order chi connectivity index (χ0) is 23.0. The SMILES string of the molecule is CCNC(=NCc1ccccc1-n1nc(C)cc1C)NC1CCN(Cc2ccccc2)CC1.I. The number of halogens is 1. The number of piperidine rings is 1. The quantitative estimate of drug-likeness (QED) is 0.242. The van der Waals surface area contributed by atoms with Gasteiger partial charge in [-0.15, -0.1) is 24.0 Å². The van der Waals surface area contributed by atoms with Crippen LogP contribution in [0.4, 0.5) is 0 Å². The molecule has 3 aromatic rings. The van der Waals surface area contributed by atoms with E-state index in [9.17, 15) is 0 Å². The summed E-state index contributed by atoms with van der Waals surface area (Å²) in [6.07, 6.45) is 2.25. The van der Waals surface area contributed by atoms with E-state index in [1.54, 1.807) is 0 Å². The van der Waals surface area contributed by atoms with Gasteiger partial charge in [-0.05, 0) is 56.9 Å². The van der Waals surface area contributed by atoms with Crippen molar-refractivity contribution in [3.05, 3.63) is 83.2 Å². The number of hydrogen-bond donors (Lipinski definition) is 2. The van der Waals surface area contributed by atoms with E-state index < -0.39 is 0 Å². The molecule has 1 saturated heterocycles. The van der Waals surface area contributed by atoms with Crippen LogP contribution in [0.1, 0.15) is 42.3 Å². The summed E-state index contributed by atoms with van der Waals surface area (Å²) in [5.41, 5.74) is 5.81. The lowest BCUT2D eigenvalue weighted by Gasteiger charge is -2.33. The van der Waals surface area contributed by atoms with Gasteiger partial charge in [-0.1, -0.05) is 48.5 Å². The first-order valence-electron chi connectivity index (χ1n) is 12.0. The highest BCUT2D eigenvalue weighted by Gasteiger charge is 2.20.